The fraction of sp³-hybridized carbons (Fsp3) is 0.231. The molecule has 0 bridgehead atoms. The number of nitrogens with one attached hydrogen (secondary N) is 1. The second kappa shape index (κ2) is 7.29. The van der Waals surface area contributed by atoms with E-state index in [9.17, 15) is 9.59 Å². The van der Waals surface area contributed by atoms with E-state index in [-0.39, 0.29) is 13.0 Å². The number of carbonyl (C=O) groups excluding carboxylic acids is 1. The molecule has 0 saturated carbocycles. The predicted molar refractivity (Wildman–Crippen MR) is 70.0 cm³/mol. The van der Waals surface area contributed by atoms with Crippen LogP contribution in [-0.4, -0.2) is 29.6 Å². The third-order valence-electron chi connectivity index (χ3n) is 2.14. The minimum absolute atomic E-state index is 0.0813. The zero-order valence-corrected chi connectivity index (χ0v) is 10.7. The van der Waals surface area contributed by atoms with E-state index < -0.39 is 17.9 Å². The van der Waals surface area contributed by atoms with Crippen molar-refractivity contribution in [3.8, 4) is 18.1 Å². The number of terminal acetylenes is 1. The molecule has 1 unspecified atom stereocenters. The summed E-state index contributed by atoms with van der Waals surface area (Å²) >= 11 is 5.69. The van der Waals surface area contributed by atoms with Gasteiger partial charge in [-0.1, -0.05) is 11.6 Å². The first-order valence-electron chi connectivity index (χ1n) is 5.37. The number of ether oxygens (including phenoxy) is 1. The predicted octanol–water partition coefficient (Wildman–Crippen LogP) is 1.31. The molecular formula is C13H12ClNO4. The van der Waals surface area contributed by atoms with Gasteiger partial charge in [0.1, 0.15) is 11.8 Å². The molecule has 0 spiro atoms. The highest BCUT2D eigenvalue weighted by atomic mass is 35.5. The van der Waals surface area contributed by atoms with Crippen LogP contribution in [0.15, 0.2) is 24.3 Å². The Morgan fingerprint density at radius 2 is 2.05 bits per heavy atom. The zero-order valence-electron chi connectivity index (χ0n) is 9.93. The minimum Gasteiger partial charge on any atom is -0.484 e. The highest BCUT2D eigenvalue weighted by Crippen LogP contribution is 2.15. The second-order valence-electron chi connectivity index (χ2n) is 3.61. The smallest absolute Gasteiger partial charge is 0.327 e. The van der Waals surface area contributed by atoms with Crippen molar-refractivity contribution in [2.24, 2.45) is 0 Å². The molecule has 6 heteroatoms. The van der Waals surface area contributed by atoms with Gasteiger partial charge in [-0.15, -0.1) is 12.3 Å². The lowest BCUT2D eigenvalue weighted by molar-refractivity contribution is -0.141. The summed E-state index contributed by atoms with van der Waals surface area (Å²) in [5, 5.41) is 11.6. The van der Waals surface area contributed by atoms with Gasteiger partial charge < -0.3 is 15.2 Å². The standard InChI is InChI=1S/C13H12ClNO4/c1-2-3-11(13(17)18)15-12(16)8-19-10-6-4-9(14)5-7-10/h1,4-7,11H,3,8H2,(H,15,16)(H,17,18). The van der Waals surface area contributed by atoms with E-state index in [0.717, 1.165) is 0 Å². The van der Waals surface area contributed by atoms with E-state index in [1.54, 1.807) is 24.3 Å². The Labute approximate surface area is 115 Å². The summed E-state index contributed by atoms with van der Waals surface area (Å²) < 4.78 is 5.17. The maximum atomic E-state index is 11.5. The molecule has 19 heavy (non-hydrogen) atoms. The molecule has 1 atom stereocenters. The van der Waals surface area contributed by atoms with Crippen molar-refractivity contribution >= 4 is 23.5 Å². The highest BCUT2D eigenvalue weighted by molar-refractivity contribution is 6.30. The van der Waals surface area contributed by atoms with Crippen molar-refractivity contribution in [3.63, 3.8) is 0 Å². The molecule has 0 aliphatic heterocycles. The number of halogens is 1. The third-order valence-corrected chi connectivity index (χ3v) is 2.39. The summed E-state index contributed by atoms with van der Waals surface area (Å²) in [6, 6.07) is 5.34. The average molecular weight is 282 g/mol. The number of rotatable bonds is 6. The van der Waals surface area contributed by atoms with Crippen molar-refractivity contribution in [2.45, 2.75) is 12.5 Å². The largest absolute Gasteiger partial charge is 0.484 e. The molecule has 0 aliphatic carbocycles. The van der Waals surface area contributed by atoms with Crippen molar-refractivity contribution < 1.29 is 19.4 Å². The van der Waals surface area contributed by atoms with E-state index in [2.05, 4.69) is 11.2 Å². The zero-order chi connectivity index (χ0) is 14.3. The molecule has 0 aliphatic rings. The van der Waals surface area contributed by atoms with Crippen LogP contribution in [0, 0.1) is 12.3 Å². The molecule has 100 valence electrons. The molecule has 1 aromatic rings. The van der Waals surface area contributed by atoms with Crippen molar-refractivity contribution in [2.75, 3.05) is 6.61 Å². The van der Waals surface area contributed by atoms with Crippen molar-refractivity contribution in [3.05, 3.63) is 29.3 Å². The van der Waals surface area contributed by atoms with Crippen LogP contribution in [-0.2, 0) is 9.59 Å². The van der Waals surface area contributed by atoms with Crippen molar-refractivity contribution in [1.82, 2.24) is 5.32 Å². The number of amides is 1. The molecule has 0 saturated heterocycles. The van der Waals surface area contributed by atoms with Crippen LogP contribution >= 0.6 is 11.6 Å². The van der Waals surface area contributed by atoms with Gasteiger partial charge in [0.05, 0.1) is 0 Å². The van der Waals surface area contributed by atoms with E-state index >= 15 is 0 Å². The normalized spacial score (nSPS) is 11.2. The van der Waals surface area contributed by atoms with E-state index in [4.69, 9.17) is 27.9 Å². The van der Waals surface area contributed by atoms with Gasteiger partial charge in [0.15, 0.2) is 6.61 Å². The number of hydrogen-bond acceptors (Lipinski definition) is 3. The van der Waals surface area contributed by atoms with Gasteiger partial charge >= 0.3 is 5.97 Å². The summed E-state index contributed by atoms with van der Waals surface area (Å²) in [7, 11) is 0. The van der Waals surface area contributed by atoms with Gasteiger partial charge in [0, 0.05) is 11.4 Å². The Bertz CT molecular complexity index is 492. The Hall–Kier alpha value is -2.19. The van der Waals surface area contributed by atoms with Crippen LogP contribution < -0.4 is 10.1 Å². The van der Waals surface area contributed by atoms with Crippen LogP contribution in [0.2, 0.25) is 5.02 Å². The molecule has 0 heterocycles. The third kappa shape index (κ3) is 5.32. The molecule has 1 rings (SSSR count). The molecule has 0 aromatic heterocycles. The maximum Gasteiger partial charge on any atom is 0.327 e. The molecule has 0 radical (unpaired) electrons. The Kier molecular flexibility index (Phi) is 5.71. The first kappa shape index (κ1) is 14.9. The summed E-state index contributed by atoms with van der Waals surface area (Å²) in [5.41, 5.74) is 0. The molecule has 5 nitrogen and oxygen atoms in total. The van der Waals surface area contributed by atoms with Crippen LogP contribution in [0.1, 0.15) is 6.42 Å². The van der Waals surface area contributed by atoms with Gasteiger partial charge in [-0.3, -0.25) is 4.79 Å². The quantitative estimate of drug-likeness (QED) is 0.771. The number of carboxylic acid groups (broad SMARTS) is 1. The highest BCUT2D eigenvalue weighted by Gasteiger charge is 2.18. The summed E-state index contributed by atoms with van der Waals surface area (Å²) in [6.45, 7) is -0.296. The number of hydrogen-bond donors (Lipinski definition) is 2. The van der Waals surface area contributed by atoms with Gasteiger partial charge in [-0.25, -0.2) is 4.79 Å². The number of carboxylic acids is 1. The molecule has 0 fully saturated rings. The minimum atomic E-state index is -1.18. The molecule has 1 aromatic carbocycles. The van der Waals surface area contributed by atoms with Gasteiger partial charge in [0.2, 0.25) is 0 Å². The van der Waals surface area contributed by atoms with Crippen LogP contribution in [0.25, 0.3) is 0 Å². The Morgan fingerprint density at radius 1 is 1.42 bits per heavy atom. The topological polar surface area (TPSA) is 75.6 Å². The summed E-state index contributed by atoms with van der Waals surface area (Å²) in [6.07, 6.45) is 4.93. The number of carbonyl (C=O) groups is 2. The van der Waals surface area contributed by atoms with Crippen LogP contribution in [0.4, 0.5) is 0 Å². The van der Waals surface area contributed by atoms with Crippen LogP contribution in [0.5, 0.6) is 5.75 Å². The first-order chi connectivity index (χ1) is 9.02. The number of aliphatic carboxylic acids is 1. The second-order valence-corrected chi connectivity index (χ2v) is 4.05. The fourth-order valence-electron chi connectivity index (χ4n) is 1.23. The SMILES string of the molecule is C#CCC(NC(=O)COc1ccc(Cl)cc1)C(=O)O. The molecular weight excluding hydrogens is 270 g/mol. The summed E-state index contributed by atoms with van der Waals surface area (Å²) in [4.78, 5) is 22.2. The average Bonchev–Trinajstić information content (AvgIpc) is 2.37. The molecule has 2 N–H and O–H groups in total. The Morgan fingerprint density at radius 3 is 2.58 bits per heavy atom. The van der Waals surface area contributed by atoms with Gasteiger partial charge in [0.25, 0.3) is 5.91 Å². The van der Waals surface area contributed by atoms with E-state index in [1.165, 1.54) is 0 Å². The van der Waals surface area contributed by atoms with E-state index in [0.29, 0.717) is 10.8 Å². The van der Waals surface area contributed by atoms with Gasteiger partial charge in [-0.05, 0) is 24.3 Å². The Balaban J connectivity index is 2.45. The maximum absolute atomic E-state index is 11.5. The number of benzene rings is 1. The van der Waals surface area contributed by atoms with Crippen LogP contribution in [0.3, 0.4) is 0 Å². The molecule has 1 amide bonds. The first-order valence-corrected chi connectivity index (χ1v) is 5.74. The summed E-state index contributed by atoms with van der Waals surface area (Å²) in [5.74, 6) is 0.905. The lowest BCUT2D eigenvalue weighted by Crippen LogP contribution is -2.42. The monoisotopic (exact) mass is 281 g/mol. The van der Waals surface area contributed by atoms with Gasteiger partial charge in [-0.2, -0.15) is 0 Å². The fourth-order valence-corrected chi connectivity index (χ4v) is 1.36. The van der Waals surface area contributed by atoms with Crippen molar-refractivity contribution in [1.29, 1.82) is 0 Å². The lowest BCUT2D eigenvalue weighted by atomic mass is 10.2. The lowest BCUT2D eigenvalue weighted by Gasteiger charge is -2.12. The van der Waals surface area contributed by atoms with E-state index in [1.807, 2.05) is 0 Å².